The van der Waals surface area contributed by atoms with Crippen molar-refractivity contribution in [1.82, 2.24) is 5.06 Å². The molecule has 0 N–H and O–H groups in total. The number of ether oxygens (including phenoxy) is 3. The van der Waals surface area contributed by atoms with Gasteiger partial charge in [-0.2, -0.15) is 5.06 Å². The van der Waals surface area contributed by atoms with E-state index in [0.29, 0.717) is 0 Å². The van der Waals surface area contributed by atoms with Gasteiger partial charge in [0.15, 0.2) is 5.79 Å². The van der Waals surface area contributed by atoms with Gasteiger partial charge in [-0.05, 0) is 19.4 Å². The average Bonchev–Trinajstić information content (AvgIpc) is 3.14. The smallest absolute Gasteiger partial charge is 0.434 e. The number of hydroxylamine groups is 2. The van der Waals surface area contributed by atoms with E-state index >= 15 is 0 Å². The Kier molecular flexibility index (Phi) is 3.14. The molecule has 0 radical (unpaired) electrons. The van der Waals surface area contributed by atoms with Crippen molar-refractivity contribution in [3.05, 3.63) is 35.9 Å². The molecule has 1 aliphatic carbocycles. The van der Waals surface area contributed by atoms with Crippen LogP contribution in [0.25, 0.3) is 0 Å². The molecule has 2 heterocycles. The average molecular weight is 305 g/mol. The van der Waals surface area contributed by atoms with Gasteiger partial charge >= 0.3 is 6.09 Å². The lowest BCUT2D eigenvalue weighted by atomic mass is 10.2. The molecular formula is C16H19NO5. The quantitative estimate of drug-likeness (QED) is 0.838. The molecule has 1 amide bonds. The molecule has 1 aromatic rings. The van der Waals surface area contributed by atoms with Gasteiger partial charge in [0, 0.05) is 6.42 Å². The maximum atomic E-state index is 12.2. The summed E-state index contributed by atoms with van der Waals surface area (Å²) in [4.78, 5) is 17.9. The Bertz CT molecular complexity index is 575. The molecule has 22 heavy (non-hydrogen) atoms. The lowest BCUT2D eigenvalue weighted by Gasteiger charge is -2.30. The summed E-state index contributed by atoms with van der Waals surface area (Å²) >= 11 is 0. The molecule has 6 nitrogen and oxygen atoms in total. The molecule has 4 rings (SSSR count). The van der Waals surface area contributed by atoms with Crippen LogP contribution < -0.4 is 0 Å². The fourth-order valence-electron chi connectivity index (χ4n) is 3.43. The predicted molar refractivity (Wildman–Crippen MR) is 75.6 cm³/mol. The Morgan fingerprint density at radius 1 is 1.27 bits per heavy atom. The van der Waals surface area contributed by atoms with Crippen LogP contribution in [-0.4, -0.2) is 41.3 Å². The van der Waals surface area contributed by atoms with Crippen molar-refractivity contribution < 1.29 is 23.8 Å². The third-order valence-corrected chi connectivity index (χ3v) is 4.32. The largest absolute Gasteiger partial charge is 0.443 e. The van der Waals surface area contributed by atoms with Gasteiger partial charge in [-0.1, -0.05) is 30.3 Å². The van der Waals surface area contributed by atoms with Crippen LogP contribution in [0.3, 0.4) is 0 Å². The Hall–Kier alpha value is -1.63. The Morgan fingerprint density at radius 2 is 2.00 bits per heavy atom. The number of hydrogen-bond acceptors (Lipinski definition) is 5. The van der Waals surface area contributed by atoms with E-state index in [1.807, 2.05) is 44.2 Å². The molecule has 118 valence electrons. The molecule has 2 bridgehead atoms. The lowest BCUT2D eigenvalue weighted by Crippen LogP contribution is -2.49. The van der Waals surface area contributed by atoms with Crippen molar-refractivity contribution in [3.63, 3.8) is 0 Å². The first kappa shape index (κ1) is 14.0. The van der Waals surface area contributed by atoms with Crippen LogP contribution in [-0.2, 0) is 25.7 Å². The molecule has 4 atom stereocenters. The summed E-state index contributed by atoms with van der Waals surface area (Å²) < 4.78 is 17.1. The highest BCUT2D eigenvalue weighted by Crippen LogP contribution is 2.46. The number of rotatable bonds is 2. The van der Waals surface area contributed by atoms with E-state index in [0.717, 1.165) is 12.0 Å². The summed E-state index contributed by atoms with van der Waals surface area (Å²) in [7, 11) is 0. The second-order valence-corrected chi connectivity index (χ2v) is 6.38. The fourth-order valence-corrected chi connectivity index (χ4v) is 3.43. The van der Waals surface area contributed by atoms with Crippen molar-refractivity contribution in [2.75, 3.05) is 0 Å². The molecule has 0 spiro atoms. The molecule has 1 aromatic carbocycles. The maximum absolute atomic E-state index is 12.2. The Labute approximate surface area is 128 Å². The number of carbonyl (C=O) groups excluding carboxylic acids is 1. The van der Waals surface area contributed by atoms with Crippen molar-refractivity contribution >= 4 is 6.09 Å². The number of carbonyl (C=O) groups is 1. The minimum Gasteiger partial charge on any atom is -0.443 e. The van der Waals surface area contributed by atoms with Gasteiger partial charge in [0.2, 0.25) is 0 Å². The predicted octanol–water partition coefficient (Wildman–Crippen LogP) is 2.23. The van der Waals surface area contributed by atoms with Crippen LogP contribution in [0.2, 0.25) is 0 Å². The molecule has 3 fully saturated rings. The summed E-state index contributed by atoms with van der Waals surface area (Å²) in [6.07, 6.45) is -0.119. The van der Waals surface area contributed by atoms with Crippen molar-refractivity contribution in [2.45, 2.75) is 57.0 Å². The maximum Gasteiger partial charge on any atom is 0.434 e. The summed E-state index contributed by atoms with van der Waals surface area (Å²) in [6, 6.07) is 9.43. The third-order valence-electron chi connectivity index (χ3n) is 4.32. The number of amides is 1. The zero-order valence-electron chi connectivity index (χ0n) is 12.6. The molecule has 1 unspecified atom stereocenters. The van der Waals surface area contributed by atoms with Gasteiger partial charge in [-0.25, -0.2) is 4.79 Å². The van der Waals surface area contributed by atoms with Crippen molar-refractivity contribution in [3.8, 4) is 0 Å². The summed E-state index contributed by atoms with van der Waals surface area (Å²) in [5, 5.41) is 1.32. The van der Waals surface area contributed by atoms with Crippen LogP contribution in [0.5, 0.6) is 0 Å². The van der Waals surface area contributed by atoms with E-state index in [2.05, 4.69) is 0 Å². The third kappa shape index (κ3) is 2.27. The SMILES string of the molecule is CC1(C)OC2[C@H](O1)[C@H]1C[C@@H]2N(C(=O)OCc2ccccc2)O1. The lowest BCUT2D eigenvalue weighted by molar-refractivity contribution is -0.202. The second-order valence-electron chi connectivity index (χ2n) is 6.38. The van der Waals surface area contributed by atoms with Gasteiger partial charge < -0.3 is 14.2 Å². The van der Waals surface area contributed by atoms with Gasteiger partial charge in [0.1, 0.15) is 24.9 Å². The molecule has 1 saturated carbocycles. The summed E-state index contributed by atoms with van der Waals surface area (Å²) in [5.74, 6) is -0.625. The minimum atomic E-state index is -0.625. The monoisotopic (exact) mass is 305 g/mol. The van der Waals surface area contributed by atoms with Gasteiger partial charge in [-0.15, -0.1) is 0 Å². The molecule has 2 saturated heterocycles. The number of nitrogens with zero attached hydrogens (tertiary/aromatic N) is 1. The molecule has 6 heteroatoms. The number of fused-ring (bicyclic) bond motifs is 5. The van der Waals surface area contributed by atoms with E-state index < -0.39 is 11.9 Å². The first-order valence-corrected chi connectivity index (χ1v) is 7.56. The topological polar surface area (TPSA) is 57.2 Å². The number of benzene rings is 1. The fraction of sp³-hybridized carbons (Fsp3) is 0.562. The molecular weight excluding hydrogens is 286 g/mol. The zero-order chi connectivity index (χ0) is 15.3. The highest BCUT2D eigenvalue weighted by Gasteiger charge is 2.62. The molecule has 2 aliphatic heterocycles. The Balaban J connectivity index is 1.39. The summed E-state index contributed by atoms with van der Waals surface area (Å²) in [5.41, 5.74) is 0.944. The van der Waals surface area contributed by atoms with Crippen LogP contribution in [0.4, 0.5) is 4.79 Å². The van der Waals surface area contributed by atoms with E-state index in [1.54, 1.807) is 0 Å². The van der Waals surface area contributed by atoms with E-state index in [1.165, 1.54) is 5.06 Å². The van der Waals surface area contributed by atoms with Gasteiger partial charge in [0.25, 0.3) is 0 Å². The first-order chi connectivity index (χ1) is 10.5. The minimum absolute atomic E-state index is 0.0989. The van der Waals surface area contributed by atoms with Crippen LogP contribution in [0.15, 0.2) is 30.3 Å². The van der Waals surface area contributed by atoms with E-state index in [-0.39, 0.29) is 31.0 Å². The standard InChI is InChI=1S/C16H19NO5/c1-16(2)20-13-11-8-12(14(13)21-16)22-17(11)15(18)19-9-10-6-4-3-5-7-10/h3-7,11-14H,8-9H2,1-2H3/t11-,12+,13?,14+/m0/s1. The Morgan fingerprint density at radius 3 is 2.77 bits per heavy atom. The highest BCUT2D eigenvalue weighted by atomic mass is 16.8. The van der Waals surface area contributed by atoms with Gasteiger partial charge in [-0.3, -0.25) is 4.84 Å². The normalized spacial score (nSPS) is 34.7. The second kappa shape index (κ2) is 4.94. The van der Waals surface area contributed by atoms with Gasteiger partial charge in [0.05, 0.1) is 6.04 Å². The summed E-state index contributed by atoms with van der Waals surface area (Å²) in [6.45, 7) is 3.99. The van der Waals surface area contributed by atoms with Crippen molar-refractivity contribution in [1.29, 1.82) is 0 Å². The molecule has 0 aromatic heterocycles. The van der Waals surface area contributed by atoms with Crippen molar-refractivity contribution in [2.24, 2.45) is 0 Å². The highest BCUT2D eigenvalue weighted by molar-refractivity contribution is 5.67. The molecule has 3 aliphatic rings. The van der Waals surface area contributed by atoms with E-state index in [9.17, 15) is 4.79 Å². The van der Waals surface area contributed by atoms with Crippen LogP contribution in [0.1, 0.15) is 25.8 Å². The number of hydrogen-bond donors (Lipinski definition) is 0. The van der Waals surface area contributed by atoms with Crippen LogP contribution in [0, 0.1) is 0 Å². The zero-order valence-corrected chi connectivity index (χ0v) is 12.6. The van der Waals surface area contributed by atoms with E-state index in [4.69, 9.17) is 19.0 Å². The first-order valence-electron chi connectivity index (χ1n) is 7.56. The van der Waals surface area contributed by atoms with Crippen LogP contribution >= 0.6 is 0 Å².